The van der Waals surface area contributed by atoms with Crippen molar-refractivity contribution >= 4 is 29.9 Å². The highest BCUT2D eigenvalue weighted by Gasteiger charge is 2.14. The fraction of sp³-hybridized carbons (Fsp3) is 0.696. The molecule has 2 rings (SSSR count). The van der Waals surface area contributed by atoms with Gasteiger partial charge >= 0.3 is 0 Å². The Morgan fingerprint density at radius 3 is 2.67 bits per heavy atom. The number of rotatable bonds is 15. The number of hydrogen-bond acceptors (Lipinski definition) is 4. The summed E-state index contributed by atoms with van der Waals surface area (Å²) in [6.07, 6.45) is 6.63. The van der Waals surface area contributed by atoms with E-state index in [2.05, 4.69) is 46.8 Å². The zero-order chi connectivity index (χ0) is 20.4. The standard InChI is InChI=1S/C23H39N3O3.HI/c1-2-24-23(26-15-9-17-28-20-22-12-8-18-29-22)25-14-6-7-16-27-19-13-21-10-4-3-5-11-21;/h3-5,10-11,22H,2,6-9,12-20H2,1H3,(H2,24,25,26);1H. The SMILES string of the molecule is CCNC(=NCCCOCC1CCCO1)NCCCCOCCc1ccccc1.I. The Kier molecular flexibility index (Phi) is 17.0. The van der Waals surface area contributed by atoms with Gasteiger partial charge in [0.25, 0.3) is 0 Å². The van der Waals surface area contributed by atoms with Gasteiger partial charge in [-0.3, -0.25) is 4.99 Å². The summed E-state index contributed by atoms with van der Waals surface area (Å²) in [5.41, 5.74) is 1.33. The Bertz CT molecular complexity index is 540. The molecule has 0 aromatic heterocycles. The molecule has 1 heterocycles. The minimum atomic E-state index is 0. The first-order valence-electron chi connectivity index (χ1n) is 11.2. The van der Waals surface area contributed by atoms with Crippen molar-refractivity contribution in [3.8, 4) is 0 Å². The van der Waals surface area contributed by atoms with E-state index in [-0.39, 0.29) is 24.0 Å². The largest absolute Gasteiger partial charge is 0.381 e. The third-order valence-electron chi connectivity index (χ3n) is 4.77. The van der Waals surface area contributed by atoms with Gasteiger partial charge in [-0.15, -0.1) is 24.0 Å². The molecule has 0 saturated carbocycles. The molecule has 0 amide bonds. The van der Waals surface area contributed by atoms with Crippen LogP contribution in [0, 0.1) is 0 Å². The van der Waals surface area contributed by atoms with Gasteiger partial charge in [0.05, 0.1) is 19.3 Å². The average molecular weight is 533 g/mol. The molecule has 0 bridgehead atoms. The molecule has 1 aliphatic rings. The summed E-state index contributed by atoms with van der Waals surface area (Å²) >= 11 is 0. The van der Waals surface area contributed by atoms with E-state index in [0.29, 0.717) is 6.10 Å². The highest BCUT2D eigenvalue weighted by molar-refractivity contribution is 14.0. The molecule has 0 spiro atoms. The topological polar surface area (TPSA) is 64.1 Å². The minimum absolute atomic E-state index is 0. The lowest BCUT2D eigenvalue weighted by Crippen LogP contribution is -2.38. The number of nitrogens with zero attached hydrogens (tertiary/aromatic N) is 1. The first kappa shape index (κ1) is 27.1. The minimum Gasteiger partial charge on any atom is -0.381 e. The second-order valence-corrected chi connectivity index (χ2v) is 7.31. The summed E-state index contributed by atoms with van der Waals surface area (Å²) < 4.78 is 17.0. The summed E-state index contributed by atoms with van der Waals surface area (Å²) in [6.45, 7) is 8.56. The maximum Gasteiger partial charge on any atom is 0.191 e. The monoisotopic (exact) mass is 533 g/mol. The van der Waals surface area contributed by atoms with Crippen LogP contribution in [-0.2, 0) is 20.6 Å². The first-order valence-corrected chi connectivity index (χ1v) is 11.2. The van der Waals surface area contributed by atoms with Crippen molar-refractivity contribution in [3.63, 3.8) is 0 Å². The van der Waals surface area contributed by atoms with Crippen LogP contribution in [0.1, 0.15) is 44.6 Å². The summed E-state index contributed by atoms with van der Waals surface area (Å²) in [7, 11) is 0. The fourth-order valence-electron chi connectivity index (χ4n) is 3.16. The van der Waals surface area contributed by atoms with Crippen LogP contribution in [0.5, 0.6) is 0 Å². The van der Waals surface area contributed by atoms with Crippen LogP contribution in [0.2, 0.25) is 0 Å². The van der Waals surface area contributed by atoms with E-state index >= 15 is 0 Å². The molecule has 1 aromatic rings. The Balaban J connectivity index is 0.00000450. The number of ether oxygens (including phenoxy) is 3. The molecule has 0 radical (unpaired) electrons. The Labute approximate surface area is 199 Å². The number of halogens is 1. The lowest BCUT2D eigenvalue weighted by molar-refractivity contribution is 0.0171. The zero-order valence-electron chi connectivity index (χ0n) is 18.4. The summed E-state index contributed by atoms with van der Waals surface area (Å²) in [5.74, 6) is 0.886. The van der Waals surface area contributed by atoms with Crippen molar-refractivity contribution in [1.29, 1.82) is 0 Å². The third-order valence-corrected chi connectivity index (χ3v) is 4.77. The third kappa shape index (κ3) is 13.4. The number of benzene rings is 1. The Morgan fingerprint density at radius 1 is 1.07 bits per heavy atom. The van der Waals surface area contributed by atoms with Crippen LogP contribution >= 0.6 is 24.0 Å². The molecule has 2 N–H and O–H groups in total. The highest BCUT2D eigenvalue weighted by atomic mass is 127. The van der Waals surface area contributed by atoms with Gasteiger partial charge in [-0.2, -0.15) is 0 Å². The van der Waals surface area contributed by atoms with E-state index < -0.39 is 0 Å². The quantitative estimate of drug-likeness (QED) is 0.156. The van der Waals surface area contributed by atoms with E-state index in [1.165, 1.54) is 5.56 Å². The fourth-order valence-corrected chi connectivity index (χ4v) is 3.16. The van der Waals surface area contributed by atoms with Gasteiger partial charge in [-0.1, -0.05) is 30.3 Å². The van der Waals surface area contributed by atoms with E-state index in [1.54, 1.807) is 0 Å². The molecule has 1 unspecified atom stereocenters. The molecule has 1 aliphatic heterocycles. The maximum atomic E-state index is 5.73. The molecule has 1 saturated heterocycles. The second kappa shape index (κ2) is 18.8. The highest BCUT2D eigenvalue weighted by Crippen LogP contribution is 2.11. The molecular formula is C23H40IN3O3. The maximum absolute atomic E-state index is 5.73. The summed E-state index contributed by atoms with van der Waals surface area (Å²) in [4.78, 5) is 4.62. The van der Waals surface area contributed by atoms with Crippen molar-refractivity contribution < 1.29 is 14.2 Å². The average Bonchev–Trinajstić information content (AvgIpc) is 3.26. The van der Waals surface area contributed by atoms with Gasteiger partial charge in [0.1, 0.15) is 0 Å². The predicted molar refractivity (Wildman–Crippen MR) is 134 cm³/mol. The smallest absolute Gasteiger partial charge is 0.191 e. The Morgan fingerprint density at radius 2 is 1.90 bits per heavy atom. The first-order chi connectivity index (χ1) is 14.4. The Hall–Kier alpha value is -0.900. The molecule has 172 valence electrons. The summed E-state index contributed by atoms with van der Waals surface area (Å²) in [5, 5.41) is 6.69. The molecule has 1 aromatic carbocycles. The van der Waals surface area contributed by atoms with Gasteiger partial charge in [0.2, 0.25) is 0 Å². The lowest BCUT2D eigenvalue weighted by Gasteiger charge is -2.12. The van der Waals surface area contributed by atoms with Gasteiger partial charge in [0.15, 0.2) is 5.96 Å². The number of hydrogen-bond donors (Lipinski definition) is 2. The van der Waals surface area contributed by atoms with Crippen LogP contribution in [0.3, 0.4) is 0 Å². The van der Waals surface area contributed by atoms with Crippen LogP contribution in [0.4, 0.5) is 0 Å². The number of unbranched alkanes of at least 4 members (excludes halogenated alkanes) is 1. The van der Waals surface area contributed by atoms with Crippen molar-refractivity contribution in [2.45, 2.75) is 51.6 Å². The lowest BCUT2D eigenvalue weighted by atomic mass is 10.2. The van der Waals surface area contributed by atoms with Gasteiger partial charge in [-0.25, -0.2) is 0 Å². The van der Waals surface area contributed by atoms with E-state index in [1.807, 2.05) is 6.07 Å². The molecule has 7 heteroatoms. The summed E-state index contributed by atoms with van der Waals surface area (Å²) in [6, 6.07) is 10.5. The molecular weight excluding hydrogens is 493 g/mol. The van der Waals surface area contributed by atoms with Crippen LogP contribution < -0.4 is 10.6 Å². The van der Waals surface area contributed by atoms with Crippen molar-refractivity contribution in [2.75, 3.05) is 52.7 Å². The number of guanidine groups is 1. The van der Waals surface area contributed by atoms with Crippen molar-refractivity contribution in [2.24, 2.45) is 4.99 Å². The van der Waals surface area contributed by atoms with E-state index in [4.69, 9.17) is 14.2 Å². The van der Waals surface area contributed by atoms with Crippen LogP contribution in [0.25, 0.3) is 0 Å². The van der Waals surface area contributed by atoms with E-state index in [9.17, 15) is 0 Å². The number of nitrogens with one attached hydrogen (secondary N) is 2. The second-order valence-electron chi connectivity index (χ2n) is 7.31. The van der Waals surface area contributed by atoms with Crippen LogP contribution in [0.15, 0.2) is 35.3 Å². The zero-order valence-corrected chi connectivity index (χ0v) is 20.8. The van der Waals surface area contributed by atoms with Crippen molar-refractivity contribution in [1.82, 2.24) is 10.6 Å². The van der Waals surface area contributed by atoms with Crippen LogP contribution in [-0.4, -0.2) is 64.7 Å². The van der Waals surface area contributed by atoms with Crippen molar-refractivity contribution in [3.05, 3.63) is 35.9 Å². The van der Waals surface area contributed by atoms with E-state index in [0.717, 1.165) is 97.2 Å². The van der Waals surface area contributed by atoms with Gasteiger partial charge in [-0.05, 0) is 51.0 Å². The van der Waals surface area contributed by atoms with Gasteiger partial charge in [0, 0.05) is 39.5 Å². The molecule has 30 heavy (non-hydrogen) atoms. The molecule has 1 atom stereocenters. The number of aliphatic imine (C=N–C) groups is 1. The predicted octanol–water partition coefficient (Wildman–Crippen LogP) is 3.78. The normalized spacial score (nSPS) is 16.3. The molecule has 1 fully saturated rings. The molecule has 0 aliphatic carbocycles. The van der Waals surface area contributed by atoms with Gasteiger partial charge < -0.3 is 24.8 Å². The molecule has 6 nitrogen and oxygen atoms in total.